The van der Waals surface area contributed by atoms with Crippen LogP contribution in [0.2, 0.25) is 0 Å². The van der Waals surface area contributed by atoms with Crippen LogP contribution in [0.15, 0.2) is 35.3 Å². The SMILES string of the molecule is CCN1C(=O)c2c(O)c(=O)c(-c3nnc(Cc4ccc(F)cc4)s3)cn2C[C@@H]1[C@@H](C)COC. The average Bonchev–Trinajstić information content (AvgIpc) is 3.25. The van der Waals surface area contributed by atoms with Crippen molar-refractivity contribution in [2.75, 3.05) is 20.3 Å². The van der Waals surface area contributed by atoms with E-state index in [0.717, 1.165) is 5.56 Å². The number of nitrogens with zero attached hydrogens (tertiary/aromatic N) is 4. The summed E-state index contributed by atoms with van der Waals surface area (Å²) in [7, 11) is 1.62. The molecule has 1 N–H and O–H groups in total. The van der Waals surface area contributed by atoms with Crippen LogP contribution in [0.1, 0.15) is 34.9 Å². The minimum absolute atomic E-state index is 0.0116. The second kappa shape index (κ2) is 9.40. The van der Waals surface area contributed by atoms with Crippen molar-refractivity contribution >= 4 is 17.2 Å². The number of carbonyl (C=O) groups is 1. The highest BCUT2D eigenvalue weighted by Crippen LogP contribution is 2.30. The van der Waals surface area contributed by atoms with Gasteiger partial charge in [-0.25, -0.2) is 4.39 Å². The van der Waals surface area contributed by atoms with Gasteiger partial charge in [0.2, 0.25) is 5.43 Å². The minimum Gasteiger partial charge on any atom is -0.503 e. The first-order valence-corrected chi connectivity index (χ1v) is 11.5. The van der Waals surface area contributed by atoms with Gasteiger partial charge in [-0.1, -0.05) is 30.4 Å². The predicted octanol–water partition coefficient (Wildman–Crippen LogP) is 2.93. The zero-order valence-electron chi connectivity index (χ0n) is 18.6. The molecule has 4 rings (SSSR count). The maximum atomic E-state index is 13.1. The van der Waals surface area contributed by atoms with Crippen LogP contribution in [-0.4, -0.2) is 57.0 Å². The average molecular weight is 473 g/mol. The number of amides is 1. The molecule has 1 aromatic carbocycles. The summed E-state index contributed by atoms with van der Waals surface area (Å²) in [5.74, 6) is -1.22. The Morgan fingerprint density at radius 1 is 1.27 bits per heavy atom. The third kappa shape index (κ3) is 4.40. The fourth-order valence-electron chi connectivity index (χ4n) is 4.21. The van der Waals surface area contributed by atoms with E-state index in [2.05, 4.69) is 10.2 Å². The normalized spacial score (nSPS) is 16.7. The molecule has 0 unspecified atom stereocenters. The Kier molecular flexibility index (Phi) is 6.57. The van der Waals surface area contributed by atoms with Crippen LogP contribution >= 0.6 is 11.3 Å². The van der Waals surface area contributed by atoms with Gasteiger partial charge in [0, 0.05) is 38.7 Å². The standard InChI is InChI=1S/C23H25FN4O4S/c1-4-28-17(13(2)12-32-3)11-27-10-16(20(29)21(30)19(27)23(28)31)22-26-25-18(33-22)9-14-5-7-15(24)8-6-14/h5-8,10,13,17,30H,4,9,11-12H2,1-3H3/t13-,17+/m0/s1. The second-order valence-electron chi connectivity index (χ2n) is 8.12. The lowest BCUT2D eigenvalue weighted by Gasteiger charge is -2.40. The van der Waals surface area contributed by atoms with Crippen molar-refractivity contribution in [2.45, 2.75) is 32.9 Å². The molecule has 3 aromatic rings. The molecule has 0 spiro atoms. The summed E-state index contributed by atoms with van der Waals surface area (Å²) in [4.78, 5) is 27.8. The minimum atomic E-state index is -0.654. The molecule has 1 aliphatic heterocycles. The van der Waals surface area contributed by atoms with Crippen LogP contribution in [-0.2, 0) is 17.7 Å². The predicted molar refractivity (Wildman–Crippen MR) is 122 cm³/mol. The molecule has 10 heteroatoms. The van der Waals surface area contributed by atoms with E-state index in [-0.39, 0.29) is 34.9 Å². The number of aromatic nitrogens is 3. The first-order chi connectivity index (χ1) is 15.8. The van der Waals surface area contributed by atoms with E-state index in [4.69, 9.17) is 4.74 Å². The van der Waals surface area contributed by atoms with E-state index in [1.165, 1.54) is 23.5 Å². The van der Waals surface area contributed by atoms with Gasteiger partial charge >= 0.3 is 0 Å². The van der Waals surface area contributed by atoms with Crippen molar-refractivity contribution in [1.29, 1.82) is 0 Å². The molecular weight excluding hydrogens is 447 g/mol. The zero-order chi connectivity index (χ0) is 23.7. The van der Waals surface area contributed by atoms with Crippen LogP contribution in [0.5, 0.6) is 5.75 Å². The van der Waals surface area contributed by atoms with Crippen molar-refractivity contribution in [3.63, 3.8) is 0 Å². The van der Waals surface area contributed by atoms with Crippen LogP contribution in [0, 0.1) is 11.7 Å². The zero-order valence-corrected chi connectivity index (χ0v) is 19.4. The van der Waals surface area contributed by atoms with Crippen LogP contribution in [0.3, 0.4) is 0 Å². The molecule has 3 heterocycles. The quantitative estimate of drug-likeness (QED) is 0.568. The summed E-state index contributed by atoms with van der Waals surface area (Å²) < 4.78 is 20.1. The highest BCUT2D eigenvalue weighted by molar-refractivity contribution is 7.14. The molecule has 8 nitrogen and oxygen atoms in total. The number of pyridine rings is 1. The fourth-order valence-corrected chi connectivity index (χ4v) is 5.09. The van der Waals surface area contributed by atoms with Gasteiger partial charge in [-0.05, 0) is 24.6 Å². The van der Waals surface area contributed by atoms with Crippen LogP contribution in [0.4, 0.5) is 4.39 Å². The molecule has 0 saturated carbocycles. The van der Waals surface area contributed by atoms with E-state index in [1.54, 1.807) is 34.9 Å². The summed E-state index contributed by atoms with van der Waals surface area (Å²) in [5.41, 5.74) is 0.389. The summed E-state index contributed by atoms with van der Waals surface area (Å²) >= 11 is 1.22. The van der Waals surface area contributed by atoms with Gasteiger partial charge in [-0.3, -0.25) is 9.59 Å². The summed E-state index contributed by atoms with van der Waals surface area (Å²) in [6, 6.07) is 5.95. The maximum Gasteiger partial charge on any atom is 0.274 e. The molecule has 0 radical (unpaired) electrons. The summed E-state index contributed by atoms with van der Waals surface area (Å²) in [6.07, 6.45) is 2.02. The summed E-state index contributed by atoms with van der Waals surface area (Å²) in [6.45, 7) is 5.22. The number of hydrogen-bond donors (Lipinski definition) is 1. The molecule has 174 valence electrons. The van der Waals surface area contributed by atoms with Gasteiger partial charge in [0.05, 0.1) is 18.2 Å². The Morgan fingerprint density at radius 2 is 2.00 bits per heavy atom. The van der Waals surface area contributed by atoms with Crippen molar-refractivity contribution in [2.24, 2.45) is 5.92 Å². The maximum absolute atomic E-state index is 13.1. The number of halogens is 1. The molecule has 2 atom stereocenters. The number of aromatic hydroxyl groups is 1. The number of hydrogen-bond acceptors (Lipinski definition) is 7. The number of rotatable bonds is 7. The molecule has 0 aliphatic carbocycles. The first kappa shape index (κ1) is 23.1. The lowest BCUT2D eigenvalue weighted by molar-refractivity contribution is 0.0398. The number of fused-ring (bicyclic) bond motifs is 1. The lowest BCUT2D eigenvalue weighted by Crippen LogP contribution is -2.52. The number of methoxy groups -OCH3 is 1. The molecule has 0 bridgehead atoms. The van der Waals surface area contributed by atoms with Crippen molar-refractivity contribution in [1.82, 2.24) is 19.7 Å². The van der Waals surface area contributed by atoms with Crippen LogP contribution in [0.25, 0.3) is 10.6 Å². The number of likely N-dealkylation sites (N-methyl/N-ethyl adjacent to an activating group) is 1. The van der Waals surface area contributed by atoms with Gasteiger partial charge in [0.25, 0.3) is 5.91 Å². The van der Waals surface area contributed by atoms with E-state index in [9.17, 15) is 19.1 Å². The van der Waals surface area contributed by atoms with Gasteiger partial charge in [0.15, 0.2) is 16.5 Å². The summed E-state index contributed by atoms with van der Waals surface area (Å²) in [5, 5.41) is 20.0. The van der Waals surface area contributed by atoms with E-state index >= 15 is 0 Å². The number of carbonyl (C=O) groups excluding carboxylic acids is 1. The Hall–Kier alpha value is -3.11. The lowest BCUT2D eigenvalue weighted by atomic mass is 9.97. The van der Waals surface area contributed by atoms with E-state index < -0.39 is 11.2 Å². The molecule has 33 heavy (non-hydrogen) atoms. The topological polar surface area (TPSA) is 97.5 Å². The Labute approximate surface area is 194 Å². The second-order valence-corrected chi connectivity index (χ2v) is 9.18. The van der Waals surface area contributed by atoms with E-state index in [1.807, 2.05) is 13.8 Å². The van der Waals surface area contributed by atoms with Gasteiger partial charge in [-0.15, -0.1) is 10.2 Å². The molecular formula is C23H25FN4O4S. The first-order valence-electron chi connectivity index (χ1n) is 10.7. The third-order valence-corrected chi connectivity index (χ3v) is 6.85. The Bertz CT molecular complexity index is 1220. The number of ether oxygens (including phenoxy) is 1. The molecule has 2 aromatic heterocycles. The number of benzene rings is 1. The van der Waals surface area contributed by atoms with Gasteiger partial charge < -0.3 is 19.3 Å². The molecule has 1 amide bonds. The van der Waals surface area contributed by atoms with Crippen molar-refractivity contribution in [3.05, 3.63) is 62.8 Å². The smallest absolute Gasteiger partial charge is 0.274 e. The Morgan fingerprint density at radius 3 is 2.67 bits per heavy atom. The molecule has 0 fully saturated rings. The van der Waals surface area contributed by atoms with Crippen LogP contribution < -0.4 is 5.43 Å². The molecule has 1 aliphatic rings. The highest BCUT2D eigenvalue weighted by atomic mass is 32.1. The van der Waals surface area contributed by atoms with E-state index in [0.29, 0.717) is 36.1 Å². The van der Waals surface area contributed by atoms with Crippen molar-refractivity contribution in [3.8, 4) is 16.3 Å². The monoisotopic (exact) mass is 472 g/mol. The van der Waals surface area contributed by atoms with Crippen molar-refractivity contribution < 1.29 is 19.0 Å². The fraction of sp³-hybridized carbons (Fsp3) is 0.391. The molecule has 0 saturated heterocycles. The van der Waals surface area contributed by atoms with Gasteiger partial charge in [-0.2, -0.15) is 0 Å². The van der Waals surface area contributed by atoms with Gasteiger partial charge in [0.1, 0.15) is 10.8 Å². The highest BCUT2D eigenvalue weighted by Gasteiger charge is 2.37. The third-order valence-electron chi connectivity index (χ3n) is 5.90. The Balaban J connectivity index is 1.70. The largest absolute Gasteiger partial charge is 0.503 e.